The number of ether oxygens (including phenoxy) is 1. The van der Waals surface area contributed by atoms with Gasteiger partial charge in [0, 0.05) is 5.71 Å². The topological polar surface area (TPSA) is 50.7 Å². The summed E-state index contributed by atoms with van der Waals surface area (Å²) in [4.78, 5) is 12.3. The Kier molecular flexibility index (Phi) is 6.68. The van der Waals surface area contributed by atoms with E-state index in [1.165, 1.54) is 19.3 Å². The molecule has 1 N–H and O–H groups in total. The van der Waals surface area contributed by atoms with Crippen LogP contribution in [-0.4, -0.2) is 18.2 Å². The second kappa shape index (κ2) is 9.03. The number of carbonyl (C=O) groups is 1. The van der Waals surface area contributed by atoms with E-state index < -0.39 is 0 Å². The van der Waals surface area contributed by atoms with E-state index >= 15 is 0 Å². The number of hydrogen-bond acceptors (Lipinski definition) is 3. The molecule has 1 aromatic rings. The summed E-state index contributed by atoms with van der Waals surface area (Å²) in [7, 11) is 0. The molecule has 0 saturated heterocycles. The molecule has 1 fully saturated rings. The Balaban J connectivity index is 2.00. The van der Waals surface area contributed by atoms with E-state index in [1.54, 1.807) is 18.2 Å². The lowest BCUT2D eigenvalue weighted by Gasteiger charge is -2.12. The van der Waals surface area contributed by atoms with Crippen molar-refractivity contribution in [2.24, 2.45) is 5.10 Å². The van der Waals surface area contributed by atoms with Crippen LogP contribution in [0.15, 0.2) is 42.0 Å². The van der Waals surface area contributed by atoms with Gasteiger partial charge in [-0.05, 0) is 37.8 Å². The third-order valence-corrected chi connectivity index (χ3v) is 3.73. The largest absolute Gasteiger partial charge is 0.489 e. The SMILES string of the molecule is C=CCOc1ccccc1C(=O)NN=C1CCCCCCC1. The third-order valence-electron chi connectivity index (χ3n) is 3.73. The highest BCUT2D eigenvalue weighted by molar-refractivity contribution is 5.97. The van der Waals surface area contributed by atoms with Gasteiger partial charge in [0.25, 0.3) is 5.91 Å². The second-order valence-corrected chi connectivity index (χ2v) is 5.48. The van der Waals surface area contributed by atoms with E-state index in [4.69, 9.17) is 4.74 Å². The van der Waals surface area contributed by atoms with Gasteiger partial charge < -0.3 is 4.74 Å². The molecule has 1 amide bonds. The first-order chi connectivity index (χ1) is 10.8. The molecule has 0 atom stereocenters. The van der Waals surface area contributed by atoms with Crippen molar-refractivity contribution in [3.8, 4) is 5.75 Å². The number of hydrogen-bond donors (Lipinski definition) is 1. The first-order valence-electron chi connectivity index (χ1n) is 8.00. The molecule has 1 saturated carbocycles. The van der Waals surface area contributed by atoms with Gasteiger partial charge in [-0.2, -0.15) is 5.10 Å². The lowest BCUT2D eigenvalue weighted by Crippen LogP contribution is -2.21. The standard InChI is InChI=1S/C18H24N2O2/c1-2-14-22-17-13-9-8-12-16(17)18(21)20-19-15-10-6-4-3-5-7-11-15/h2,8-9,12-13H,1,3-7,10-11,14H2,(H,20,21). The summed E-state index contributed by atoms with van der Waals surface area (Å²) in [5.74, 6) is 0.326. The zero-order valence-electron chi connectivity index (χ0n) is 13.0. The maximum Gasteiger partial charge on any atom is 0.275 e. The van der Waals surface area contributed by atoms with Gasteiger partial charge in [0.2, 0.25) is 0 Å². The van der Waals surface area contributed by atoms with Crippen LogP contribution in [0.5, 0.6) is 5.75 Å². The highest BCUT2D eigenvalue weighted by atomic mass is 16.5. The van der Waals surface area contributed by atoms with Crippen LogP contribution in [0.2, 0.25) is 0 Å². The Morgan fingerprint density at radius 2 is 1.86 bits per heavy atom. The van der Waals surface area contributed by atoms with Crippen molar-refractivity contribution in [3.63, 3.8) is 0 Å². The molecule has 4 heteroatoms. The second-order valence-electron chi connectivity index (χ2n) is 5.48. The fourth-order valence-electron chi connectivity index (χ4n) is 2.54. The van der Waals surface area contributed by atoms with E-state index in [1.807, 2.05) is 12.1 Å². The lowest BCUT2D eigenvalue weighted by atomic mass is 9.99. The first kappa shape index (κ1) is 16.3. The minimum atomic E-state index is -0.228. The Labute approximate surface area is 132 Å². The summed E-state index contributed by atoms with van der Waals surface area (Å²) in [5.41, 5.74) is 4.27. The summed E-state index contributed by atoms with van der Waals surface area (Å²) in [6, 6.07) is 7.18. The predicted molar refractivity (Wildman–Crippen MR) is 89.4 cm³/mol. The van der Waals surface area contributed by atoms with Gasteiger partial charge in [0.1, 0.15) is 12.4 Å². The van der Waals surface area contributed by atoms with Crippen molar-refractivity contribution in [2.45, 2.75) is 44.9 Å². The highest BCUT2D eigenvalue weighted by Crippen LogP contribution is 2.18. The van der Waals surface area contributed by atoms with Crippen LogP contribution < -0.4 is 10.2 Å². The number of nitrogens with one attached hydrogen (secondary N) is 1. The normalized spacial score (nSPS) is 15.4. The Bertz CT molecular complexity index is 528. The summed E-state index contributed by atoms with van der Waals surface area (Å²) < 4.78 is 5.51. The molecule has 1 aliphatic rings. The Morgan fingerprint density at radius 1 is 1.18 bits per heavy atom. The predicted octanol–water partition coefficient (Wildman–Crippen LogP) is 4.08. The molecule has 22 heavy (non-hydrogen) atoms. The molecule has 0 spiro atoms. The van der Waals surface area contributed by atoms with Gasteiger partial charge in [-0.1, -0.05) is 44.1 Å². The van der Waals surface area contributed by atoms with E-state index in [2.05, 4.69) is 17.1 Å². The molecular weight excluding hydrogens is 276 g/mol. The van der Waals surface area contributed by atoms with Crippen LogP contribution in [0.4, 0.5) is 0 Å². The van der Waals surface area contributed by atoms with Crippen LogP contribution >= 0.6 is 0 Å². The zero-order chi connectivity index (χ0) is 15.6. The highest BCUT2D eigenvalue weighted by Gasteiger charge is 2.12. The Morgan fingerprint density at radius 3 is 2.59 bits per heavy atom. The van der Waals surface area contributed by atoms with E-state index in [9.17, 15) is 4.79 Å². The fourth-order valence-corrected chi connectivity index (χ4v) is 2.54. The maximum atomic E-state index is 12.3. The molecule has 4 nitrogen and oxygen atoms in total. The van der Waals surface area contributed by atoms with Gasteiger partial charge in [0.15, 0.2) is 0 Å². The van der Waals surface area contributed by atoms with Crippen molar-refractivity contribution in [3.05, 3.63) is 42.5 Å². The van der Waals surface area contributed by atoms with E-state index in [0.29, 0.717) is 17.9 Å². The van der Waals surface area contributed by atoms with Crippen molar-refractivity contribution < 1.29 is 9.53 Å². The van der Waals surface area contributed by atoms with Crippen LogP contribution in [0.1, 0.15) is 55.3 Å². The summed E-state index contributed by atoms with van der Waals surface area (Å²) in [6.45, 7) is 3.99. The average molecular weight is 300 g/mol. The Hall–Kier alpha value is -2.10. The number of carbonyl (C=O) groups excluding carboxylic acids is 1. The van der Waals surface area contributed by atoms with Gasteiger partial charge in [0.05, 0.1) is 5.56 Å². The number of nitrogens with zero attached hydrogens (tertiary/aromatic N) is 1. The average Bonchev–Trinajstić information content (AvgIpc) is 2.52. The molecule has 0 unspecified atom stereocenters. The summed E-state index contributed by atoms with van der Waals surface area (Å²) >= 11 is 0. The quantitative estimate of drug-likeness (QED) is 0.658. The van der Waals surface area contributed by atoms with Gasteiger partial charge in [-0.15, -0.1) is 0 Å². The van der Waals surface area contributed by atoms with E-state index in [0.717, 1.165) is 31.4 Å². The number of hydrazone groups is 1. The molecule has 1 aromatic carbocycles. The molecule has 0 radical (unpaired) electrons. The summed E-state index contributed by atoms with van der Waals surface area (Å²) in [6.07, 6.45) is 9.76. The molecule has 1 aliphatic carbocycles. The number of rotatable bonds is 5. The number of amides is 1. The minimum Gasteiger partial charge on any atom is -0.489 e. The van der Waals surface area contributed by atoms with Crippen molar-refractivity contribution in [2.75, 3.05) is 6.61 Å². The van der Waals surface area contributed by atoms with E-state index in [-0.39, 0.29) is 5.91 Å². The molecular formula is C18H24N2O2. The van der Waals surface area contributed by atoms with Gasteiger partial charge in [-0.3, -0.25) is 4.79 Å². The van der Waals surface area contributed by atoms with Gasteiger partial charge >= 0.3 is 0 Å². The van der Waals surface area contributed by atoms with Crippen LogP contribution in [0, 0.1) is 0 Å². The van der Waals surface area contributed by atoms with Crippen LogP contribution in [0.3, 0.4) is 0 Å². The molecule has 0 aliphatic heterocycles. The number of para-hydroxylation sites is 1. The first-order valence-corrected chi connectivity index (χ1v) is 8.00. The third kappa shape index (κ3) is 5.02. The molecule has 0 heterocycles. The van der Waals surface area contributed by atoms with Crippen LogP contribution in [-0.2, 0) is 0 Å². The molecule has 118 valence electrons. The maximum absolute atomic E-state index is 12.3. The molecule has 2 rings (SSSR count). The number of benzene rings is 1. The van der Waals surface area contributed by atoms with Crippen molar-refractivity contribution in [1.29, 1.82) is 0 Å². The minimum absolute atomic E-state index is 0.228. The fraction of sp³-hybridized carbons (Fsp3) is 0.444. The zero-order valence-corrected chi connectivity index (χ0v) is 13.0. The van der Waals surface area contributed by atoms with Crippen LogP contribution in [0.25, 0.3) is 0 Å². The van der Waals surface area contributed by atoms with Crippen molar-refractivity contribution >= 4 is 11.6 Å². The molecule has 0 bridgehead atoms. The molecule has 0 aromatic heterocycles. The summed E-state index contributed by atoms with van der Waals surface area (Å²) in [5, 5.41) is 4.32. The monoisotopic (exact) mass is 300 g/mol. The smallest absolute Gasteiger partial charge is 0.275 e. The van der Waals surface area contributed by atoms with Crippen molar-refractivity contribution in [1.82, 2.24) is 5.43 Å². The van der Waals surface area contributed by atoms with Gasteiger partial charge in [-0.25, -0.2) is 5.43 Å². The lowest BCUT2D eigenvalue weighted by molar-refractivity contribution is 0.0951.